The van der Waals surface area contributed by atoms with Crippen molar-refractivity contribution < 1.29 is 27.2 Å². The molecular weight excluding hydrogens is 398 g/mol. The molecule has 28 heavy (non-hydrogen) atoms. The Morgan fingerprint density at radius 1 is 1.14 bits per heavy atom. The van der Waals surface area contributed by atoms with Crippen LogP contribution in [0.3, 0.4) is 0 Å². The third kappa shape index (κ3) is 2.99. The normalized spacial score (nSPS) is 13.4. The van der Waals surface area contributed by atoms with Gasteiger partial charge in [-0.2, -0.15) is 17.7 Å². The van der Waals surface area contributed by atoms with E-state index in [0.29, 0.717) is 5.82 Å². The number of rotatable bonds is 1. The molecule has 9 heteroatoms. The van der Waals surface area contributed by atoms with Crippen molar-refractivity contribution in [1.29, 1.82) is 0 Å². The Balaban J connectivity index is 2.09. The highest BCUT2D eigenvalue weighted by Gasteiger charge is 2.38. The number of hydrogen-bond acceptors (Lipinski definition) is 3. The van der Waals surface area contributed by atoms with E-state index in [0.717, 1.165) is 24.3 Å². The molecule has 1 aliphatic heterocycles. The van der Waals surface area contributed by atoms with E-state index in [9.17, 15) is 22.7 Å². The van der Waals surface area contributed by atoms with E-state index in [1.165, 1.54) is 12.3 Å². The zero-order chi connectivity index (χ0) is 20.1. The van der Waals surface area contributed by atoms with E-state index >= 15 is 0 Å². The number of hydrogen-bond donors (Lipinski definition) is 1. The van der Waals surface area contributed by atoms with Gasteiger partial charge in [-0.1, -0.05) is 16.6 Å². The van der Waals surface area contributed by atoms with Crippen molar-refractivity contribution in [2.75, 3.05) is 0 Å². The molecule has 0 amide bonds. The Hall–Kier alpha value is -3.00. The van der Waals surface area contributed by atoms with Gasteiger partial charge in [0, 0.05) is 11.6 Å². The summed E-state index contributed by atoms with van der Waals surface area (Å²) in [6.07, 6.45) is -1.57. The maximum Gasteiger partial charge on any atom is 0.417 e. The molecule has 0 fully saturated rings. The van der Waals surface area contributed by atoms with E-state index < -0.39 is 22.6 Å². The number of aliphatic imine (C=N–C) groups is 1. The van der Waals surface area contributed by atoms with Gasteiger partial charge < -0.3 is 5.11 Å². The van der Waals surface area contributed by atoms with Crippen LogP contribution in [0, 0.1) is 5.82 Å². The molecular formula is C19H11ClF4N3O+. The molecule has 0 saturated carbocycles. The zero-order valence-corrected chi connectivity index (χ0v) is 14.8. The summed E-state index contributed by atoms with van der Waals surface area (Å²) >= 11 is 6.17. The Bertz CT molecular complexity index is 1130. The van der Waals surface area contributed by atoms with Gasteiger partial charge in [0.25, 0.3) is 0 Å². The van der Waals surface area contributed by atoms with Gasteiger partial charge in [-0.15, -0.1) is 0 Å². The lowest BCUT2D eigenvalue weighted by Gasteiger charge is -2.16. The van der Waals surface area contributed by atoms with Crippen molar-refractivity contribution in [2.45, 2.75) is 12.7 Å². The highest BCUT2D eigenvalue weighted by Crippen LogP contribution is 2.39. The molecule has 1 N–H and O–H groups in total. The summed E-state index contributed by atoms with van der Waals surface area (Å²) in [6.45, 7) is -0.0162. The number of aromatic nitrogens is 2. The van der Waals surface area contributed by atoms with Gasteiger partial charge in [0.1, 0.15) is 36.2 Å². The standard InChI is InChI=1S/C19H10ClF4N3O/c20-17-12(19(22,23)24)3-5-14-16(17)18(11-8-10(28)2-4-13(11)21)26-9-15-25-6-1-7-27(14)15/h1-8H,9H2/p+1. The predicted molar refractivity (Wildman–Crippen MR) is 93.2 cm³/mol. The van der Waals surface area contributed by atoms with Crippen LogP contribution in [0.1, 0.15) is 22.5 Å². The number of halogens is 5. The number of aromatic hydroxyl groups is 1. The van der Waals surface area contributed by atoms with Gasteiger partial charge in [-0.25, -0.2) is 4.39 Å². The van der Waals surface area contributed by atoms with Crippen molar-refractivity contribution in [3.05, 3.63) is 82.1 Å². The molecule has 1 aliphatic rings. The number of nitrogens with zero attached hydrogens (tertiary/aromatic N) is 3. The average molecular weight is 409 g/mol. The van der Waals surface area contributed by atoms with Crippen LogP contribution < -0.4 is 4.57 Å². The quantitative estimate of drug-likeness (QED) is 0.484. The van der Waals surface area contributed by atoms with Crippen LogP contribution >= 0.6 is 11.6 Å². The lowest BCUT2D eigenvalue weighted by atomic mass is 9.97. The smallest absolute Gasteiger partial charge is 0.417 e. The third-order valence-electron chi connectivity index (χ3n) is 4.33. The molecule has 4 nitrogen and oxygen atoms in total. The highest BCUT2D eigenvalue weighted by molar-refractivity contribution is 6.37. The molecule has 142 valence electrons. The number of phenolic OH excluding ortho intramolecular Hbond substituents is 1. The molecule has 4 rings (SSSR count). The minimum absolute atomic E-state index is 0.0162. The van der Waals surface area contributed by atoms with Crippen LogP contribution in [-0.2, 0) is 12.7 Å². The first-order chi connectivity index (χ1) is 13.3. The first kappa shape index (κ1) is 18.4. The fourth-order valence-corrected chi connectivity index (χ4v) is 3.45. The van der Waals surface area contributed by atoms with Crippen LogP contribution in [0.4, 0.5) is 17.6 Å². The fourth-order valence-electron chi connectivity index (χ4n) is 3.09. The Labute approximate surface area is 161 Å². The first-order valence-electron chi connectivity index (χ1n) is 8.06. The molecule has 0 saturated heterocycles. The van der Waals surface area contributed by atoms with E-state index in [1.54, 1.807) is 16.8 Å². The van der Waals surface area contributed by atoms with Gasteiger partial charge >= 0.3 is 12.0 Å². The van der Waals surface area contributed by atoms with Crippen molar-refractivity contribution in [3.63, 3.8) is 0 Å². The maximum absolute atomic E-state index is 14.5. The molecule has 0 aliphatic carbocycles. The van der Waals surface area contributed by atoms with Crippen LogP contribution in [-0.4, -0.2) is 15.8 Å². The summed E-state index contributed by atoms with van der Waals surface area (Å²) in [4.78, 5) is 8.49. The highest BCUT2D eigenvalue weighted by atomic mass is 35.5. The molecule has 2 aromatic carbocycles. The molecule has 0 radical (unpaired) electrons. The second-order valence-corrected chi connectivity index (χ2v) is 6.43. The summed E-state index contributed by atoms with van der Waals surface area (Å²) in [5.74, 6) is -0.564. The van der Waals surface area contributed by atoms with Crippen molar-refractivity contribution in [2.24, 2.45) is 4.99 Å². The third-order valence-corrected chi connectivity index (χ3v) is 4.72. The monoisotopic (exact) mass is 408 g/mol. The maximum atomic E-state index is 14.5. The van der Waals surface area contributed by atoms with Crippen LogP contribution in [0.25, 0.3) is 5.69 Å². The Kier molecular flexibility index (Phi) is 4.30. The summed E-state index contributed by atoms with van der Waals surface area (Å²) < 4.78 is 56.3. The SMILES string of the molecule is Oc1ccc(F)c(C2=NCc3nccc[n+]3-c3ccc(C(F)(F)F)c(Cl)c32)c1. The zero-order valence-electron chi connectivity index (χ0n) is 14.0. The van der Waals surface area contributed by atoms with Crippen molar-refractivity contribution in [1.82, 2.24) is 4.98 Å². The molecule has 0 unspecified atom stereocenters. The predicted octanol–water partition coefficient (Wildman–Crippen LogP) is 4.23. The minimum Gasteiger partial charge on any atom is -0.508 e. The largest absolute Gasteiger partial charge is 0.508 e. The summed E-state index contributed by atoms with van der Waals surface area (Å²) in [7, 11) is 0. The fraction of sp³-hybridized carbons (Fsp3) is 0.105. The summed E-state index contributed by atoms with van der Waals surface area (Å²) in [6, 6.07) is 6.97. The lowest BCUT2D eigenvalue weighted by molar-refractivity contribution is -0.607. The molecule has 0 bridgehead atoms. The Morgan fingerprint density at radius 2 is 1.93 bits per heavy atom. The van der Waals surface area contributed by atoms with Crippen LogP contribution in [0.5, 0.6) is 5.75 Å². The van der Waals surface area contributed by atoms with Gasteiger partial charge in [0.05, 0.1) is 21.9 Å². The topological polar surface area (TPSA) is 49.4 Å². The van der Waals surface area contributed by atoms with E-state index in [4.69, 9.17) is 11.6 Å². The van der Waals surface area contributed by atoms with Crippen LogP contribution in [0.15, 0.2) is 53.8 Å². The number of phenols is 1. The molecule has 2 heterocycles. The van der Waals surface area contributed by atoms with Crippen molar-refractivity contribution >= 4 is 17.3 Å². The average Bonchev–Trinajstić information content (AvgIpc) is 2.81. The first-order valence-corrected chi connectivity index (χ1v) is 8.44. The lowest BCUT2D eigenvalue weighted by Crippen LogP contribution is -2.37. The summed E-state index contributed by atoms with van der Waals surface area (Å²) in [5.41, 5.74) is -1.12. The van der Waals surface area contributed by atoms with E-state index in [2.05, 4.69) is 9.98 Å². The number of fused-ring (bicyclic) bond motifs is 3. The van der Waals surface area contributed by atoms with E-state index in [-0.39, 0.29) is 34.8 Å². The van der Waals surface area contributed by atoms with Gasteiger partial charge in [0.15, 0.2) is 0 Å². The minimum atomic E-state index is -4.71. The van der Waals surface area contributed by atoms with E-state index in [1.807, 2.05) is 0 Å². The van der Waals surface area contributed by atoms with Crippen molar-refractivity contribution in [3.8, 4) is 11.4 Å². The van der Waals surface area contributed by atoms with Gasteiger partial charge in [-0.3, -0.25) is 4.99 Å². The molecule has 1 aromatic heterocycles. The number of benzene rings is 2. The molecule has 3 aromatic rings. The number of alkyl halides is 3. The van der Waals surface area contributed by atoms with Crippen LogP contribution in [0.2, 0.25) is 5.02 Å². The van der Waals surface area contributed by atoms with Gasteiger partial charge in [-0.05, 0) is 30.3 Å². The molecule has 0 atom stereocenters. The summed E-state index contributed by atoms with van der Waals surface area (Å²) in [5, 5.41) is 9.16. The van der Waals surface area contributed by atoms with Gasteiger partial charge in [0.2, 0.25) is 0 Å². The Morgan fingerprint density at radius 3 is 2.68 bits per heavy atom. The second kappa shape index (κ2) is 6.56. The molecule has 0 spiro atoms. The second-order valence-electron chi connectivity index (χ2n) is 6.05.